The third kappa shape index (κ3) is 2.02. The van der Waals surface area contributed by atoms with Gasteiger partial charge in [0.15, 0.2) is 17.3 Å². The summed E-state index contributed by atoms with van der Waals surface area (Å²) in [6.45, 7) is 0. The molecule has 0 saturated carbocycles. The quantitative estimate of drug-likeness (QED) is 0.616. The Morgan fingerprint density at radius 3 is 2.24 bits per heavy atom. The summed E-state index contributed by atoms with van der Waals surface area (Å²) in [5, 5.41) is 0.850. The Bertz CT molecular complexity index is 1100. The molecule has 7 nitrogen and oxygen atoms in total. The first-order valence-electron chi connectivity index (χ1n) is 7.50. The third-order valence-electron chi connectivity index (χ3n) is 4.33. The number of fused-ring (bicyclic) bond motifs is 5. The summed E-state index contributed by atoms with van der Waals surface area (Å²) >= 11 is 0. The molecule has 0 unspecified atom stereocenters. The van der Waals surface area contributed by atoms with Crippen molar-refractivity contribution < 1.29 is 19.0 Å². The highest BCUT2D eigenvalue weighted by Crippen LogP contribution is 2.40. The van der Waals surface area contributed by atoms with Gasteiger partial charge in [-0.1, -0.05) is 0 Å². The molecule has 2 heterocycles. The molecule has 0 spiro atoms. The second-order valence-electron chi connectivity index (χ2n) is 5.56. The number of ketones is 1. The molecule has 4 rings (SSSR count). The molecule has 7 heteroatoms. The van der Waals surface area contributed by atoms with E-state index in [4.69, 9.17) is 14.2 Å². The minimum absolute atomic E-state index is 0.218. The Kier molecular flexibility index (Phi) is 3.24. The first kappa shape index (κ1) is 15.2. The van der Waals surface area contributed by atoms with Crippen molar-refractivity contribution >= 4 is 16.6 Å². The van der Waals surface area contributed by atoms with E-state index < -0.39 is 0 Å². The Labute approximate surface area is 142 Å². The molecular formula is C18H14N2O5. The lowest BCUT2D eigenvalue weighted by Crippen LogP contribution is -2.10. The van der Waals surface area contributed by atoms with E-state index in [0.717, 1.165) is 0 Å². The molecule has 25 heavy (non-hydrogen) atoms. The van der Waals surface area contributed by atoms with Gasteiger partial charge in [0.05, 0.1) is 55.4 Å². The fourth-order valence-corrected chi connectivity index (χ4v) is 3.13. The average molecular weight is 338 g/mol. The van der Waals surface area contributed by atoms with Crippen LogP contribution in [0.2, 0.25) is 0 Å². The molecule has 2 aromatic heterocycles. The fraction of sp³-hybridized carbons (Fsp3) is 0.167. The van der Waals surface area contributed by atoms with Crippen LogP contribution < -0.4 is 19.8 Å². The molecular weight excluding hydrogens is 324 g/mol. The number of carbonyl (C=O) groups is 1. The summed E-state index contributed by atoms with van der Waals surface area (Å²) in [5.41, 5.74) is 1.31. The number of methoxy groups -OCH3 is 3. The predicted octanol–water partition coefficient (Wildman–Crippen LogP) is 2.16. The van der Waals surface area contributed by atoms with Gasteiger partial charge in [0.25, 0.3) is 5.56 Å². The first-order valence-corrected chi connectivity index (χ1v) is 7.50. The molecule has 0 bridgehead atoms. The zero-order chi connectivity index (χ0) is 17.7. The summed E-state index contributed by atoms with van der Waals surface area (Å²) in [7, 11) is 4.49. The standard InChI is InChI=1S/C18H14N2O5/c1-23-8-4-11-15(19-7-8)16-14(17(11)21)9-5-12(24-2)13(25-3)6-10(9)18(22)20-16/h4-7H,1-3H3,(H,20,22). The maximum atomic E-state index is 12.9. The predicted molar refractivity (Wildman–Crippen MR) is 90.9 cm³/mol. The van der Waals surface area contributed by atoms with Crippen LogP contribution in [0, 0.1) is 0 Å². The lowest BCUT2D eigenvalue weighted by atomic mass is 10.0. The van der Waals surface area contributed by atoms with Crippen molar-refractivity contribution in [1.82, 2.24) is 9.97 Å². The van der Waals surface area contributed by atoms with Crippen LogP contribution in [0.3, 0.4) is 0 Å². The summed E-state index contributed by atoms with van der Waals surface area (Å²) in [6, 6.07) is 4.83. The van der Waals surface area contributed by atoms with Gasteiger partial charge in [-0.2, -0.15) is 0 Å². The van der Waals surface area contributed by atoms with Gasteiger partial charge in [-0.15, -0.1) is 0 Å². The molecule has 0 fully saturated rings. The van der Waals surface area contributed by atoms with E-state index >= 15 is 0 Å². The number of hydrogen-bond acceptors (Lipinski definition) is 6. The smallest absolute Gasteiger partial charge is 0.256 e. The van der Waals surface area contributed by atoms with Crippen LogP contribution in [0.5, 0.6) is 17.2 Å². The number of aromatic amines is 1. The van der Waals surface area contributed by atoms with E-state index in [0.29, 0.717) is 50.5 Å². The van der Waals surface area contributed by atoms with Crippen LogP contribution in [0.1, 0.15) is 15.9 Å². The number of rotatable bonds is 3. The van der Waals surface area contributed by atoms with Gasteiger partial charge >= 0.3 is 0 Å². The van der Waals surface area contributed by atoms with Crippen LogP contribution >= 0.6 is 0 Å². The summed E-state index contributed by atoms with van der Waals surface area (Å²) in [6.07, 6.45) is 1.51. The second-order valence-corrected chi connectivity index (χ2v) is 5.56. The first-order chi connectivity index (χ1) is 12.1. The van der Waals surface area contributed by atoms with Crippen LogP contribution in [-0.2, 0) is 0 Å². The van der Waals surface area contributed by atoms with Crippen LogP contribution in [0.15, 0.2) is 29.2 Å². The van der Waals surface area contributed by atoms with Gasteiger partial charge in [-0.3, -0.25) is 14.6 Å². The Hall–Kier alpha value is -3.35. The van der Waals surface area contributed by atoms with Gasteiger partial charge in [-0.25, -0.2) is 0 Å². The van der Waals surface area contributed by atoms with E-state index in [-0.39, 0.29) is 11.3 Å². The Morgan fingerprint density at radius 1 is 0.920 bits per heavy atom. The fourth-order valence-electron chi connectivity index (χ4n) is 3.13. The third-order valence-corrected chi connectivity index (χ3v) is 4.33. The van der Waals surface area contributed by atoms with E-state index in [9.17, 15) is 9.59 Å². The number of aromatic nitrogens is 2. The lowest BCUT2D eigenvalue weighted by Gasteiger charge is -2.10. The van der Waals surface area contributed by atoms with Gasteiger partial charge in [0.1, 0.15) is 5.75 Å². The number of ether oxygens (including phenoxy) is 3. The Balaban J connectivity index is 2.09. The number of nitrogens with one attached hydrogen (secondary N) is 1. The van der Waals surface area contributed by atoms with Crippen molar-refractivity contribution in [2.45, 2.75) is 0 Å². The van der Waals surface area contributed by atoms with Crippen LogP contribution in [0.25, 0.3) is 22.2 Å². The maximum absolute atomic E-state index is 12.9. The van der Waals surface area contributed by atoms with Gasteiger partial charge in [-0.05, 0) is 18.2 Å². The molecule has 0 aliphatic heterocycles. The van der Waals surface area contributed by atoms with E-state index in [1.54, 1.807) is 18.2 Å². The molecule has 0 atom stereocenters. The van der Waals surface area contributed by atoms with Gasteiger partial charge in [0.2, 0.25) is 0 Å². The zero-order valence-corrected chi connectivity index (χ0v) is 13.8. The van der Waals surface area contributed by atoms with Crippen molar-refractivity contribution in [2.75, 3.05) is 21.3 Å². The number of pyridine rings is 2. The molecule has 3 aromatic rings. The van der Waals surface area contributed by atoms with E-state index in [1.165, 1.54) is 27.5 Å². The molecule has 0 saturated heterocycles. The largest absolute Gasteiger partial charge is 0.495 e. The van der Waals surface area contributed by atoms with Crippen LogP contribution in [-0.4, -0.2) is 37.1 Å². The molecule has 1 N–H and O–H groups in total. The number of carbonyl (C=O) groups excluding carboxylic acids is 1. The van der Waals surface area contributed by atoms with E-state index in [1.807, 2.05) is 0 Å². The number of H-pyrrole nitrogens is 1. The van der Waals surface area contributed by atoms with Crippen molar-refractivity contribution in [3.63, 3.8) is 0 Å². The number of nitrogens with zero attached hydrogens (tertiary/aromatic N) is 1. The highest BCUT2D eigenvalue weighted by Gasteiger charge is 2.32. The highest BCUT2D eigenvalue weighted by molar-refractivity contribution is 6.26. The maximum Gasteiger partial charge on any atom is 0.256 e. The topological polar surface area (TPSA) is 90.5 Å². The molecule has 0 radical (unpaired) electrons. The second kappa shape index (κ2) is 5.34. The summed E-state index contributed by atoms with van der Waals surface area (Å²) in [4.78, 5) is 32.5. The van der Waals surface area contributed by atoms with Crippen molar-refractivity contribution in [3.05, 3.63) is 45.9 Å². The summed E-state index contributed by atoms with van der Waals surface area (Å²) < 4.78 is 15.7. The normalized spacial score (nSPS) is 12.0. The van der Waals surface area contributed by atoms with E-state index in [2.05, 4.69) is 9.97 Å². The highest BCUT2D eigenvalue weighted by atomic mass is 16.5. The van der Waals surface area contributed by atoms with Gasteiger partial charge < -0.3 is 19.2 Å². The minimum atomic E-state index is -0.326. The monoisotopic (exact) mass is 338 g/mol. The summed E-state index contributed by atoms with van der Waals surface area (Å²) in [5.74, 6) is 1.12. The Morgan fingerprint density at radius 2 is 1.60 bits per heavy atom. The molecule has 1 aliphatic carbocycles. The van der Waals surface area contributed by atoms with Crippen molar-refractivity contribution in [3.8, 4) is 28.6 Å². The van der Waals surface area contributed by atoms with Gasteiger partial charge in [0, 0.05) is 5.39 Å². The number of hydrogen-bond donors (Lipinski definition) is 1. The molecule has 0 amide bonds. The zero-order valence-electron chi connectivity index (χ0n) is 13.8. The van der Waals surface area contributed by atoms with Crippen molar-refractivity contribution in [2.24, 2.45) is 0 Å². The number of benzene rings is 1. The molecule has 1 aromatic carbocycles. The van der Waals surface area contributed by atoms with Crippen LogP contribution in [0.4, 0.5) is 0 Å². The van der Waals surface area contributed by atoms with Crippen molar-refractivity contribution in [1.29, 1.82) is 0 Å². The molecule has 1 aliphatic rings. The molecule has 126 valence electrons. The minimum Gasteiger partial charge on any atom is -0.495 e. The SMILES string of the molecule is COc1cnc2c(c1)C(=O)c1c-2[nH]c(=O)c2cc(OC)c(OC)cc12. The lowest BCUT2D eigenvalue weighted by molar-refractivity contribution is 0.104. The average Bonchev–Trinajstić information content (AvgIpc) is 2.92.